The van der Waals surface area contributed by atoms with Crippen molar-refractivity contribution in [1.29, 1.82) is 0 Å². The van der Waals surface area contributed by atoms with Crippen LogP contribution in [0.4, 0.5) is 13.2 Å². The number of carbonyl (C=O) groups excluding carboxylic acids is 2. The molecular weight excluding hydrogens is 283 g/mol. The minimum atomic E-state index is -4.57. The zero-order valence-electron chi connectivity index (χ0n) is 9.97. The number of Topliss-reactive ketones (excluding diaryl/α,β-unsaturated/α-hetero) is 1. The maximum atomic E-state index is 12.7. The molecule has 1 N–H and O–H groups in total. The summed E-state index contributed by atoms with van der Waals surface area (Å²) >= 11 is 5.52. The van der Waals surface area contributed by atoms with E-state index >= 15 is 0 Å². The van der Waals surface area contributed by atoms with Crippen LogP contribution in [-0.4, -0.2) is 11.7 Å². The first-order valence-corrected chi connectivity index (χ1v) is 5.80. The Balaban J connectivity index is 2.90. The highest BCUT2D eigenvalue weighted by Crippen LogP contribution is 2.33. The van der Waals surface area contributed by atoms with Gasteiger partial charge >= 0.3 is 6.18 Å². The predicted octanol–water partition coefficient (Wildman–Crippen LogP) is 2.95. The number of alkyl halides is 3. The molecule has 0 heterocycles. The molecule has 0 saturated heterocycles. The Hall–Kier alpha value is -1.56. The summed E-state index contributed by atoms with van der Waals surface area (Å²) < 4.78 is 38.2. The smallest absolute Gasteiger partial charge is 0.345 e. The number of hydrogen-bond acceptors (Lipinski definition) is 2. The third kappa shape index (κ3) is 4.24. The van der Waals surface area contributed by atoms with Gasteiger partial charge in [0.15, 0.2) is 0 Å². The lowest BCUT2D eigenvalue weighted by Gasteiger charge is -2.13. The van der Waals surface area contributed by atoms with E-state index in [1.807, 2.05) is 0 Å². The Bertz CT molecular complexity index is 500. The fourth-order valence-corrected chi connectivity index (χ4v) is 1.57. The molecule has 0 aliphatic carbocycles. The first kappa shape index (κ1) is 15.5. The van der Waals surface area contributed by atoms with Gasteiger partial charge in [-0.25, -0.2) is 0 Å². The minimum absolute atomic E-state index is 0.00141. The van der Waals surface area contributed by atoms with E-state index in [4.69, 9.17) is 11.6 Å². The highest BCUT2D eigenvalue weighted by atomic mass is 35.5. The fourth-order valence-electron chi connectivity index (χ4n) is 1.40. The molecule has 0 aliphatic heterocycles. The molecule has 7 heteroatoms. The number of hydrogen-bond donors (Lipinski definition) is 1. The second-order valence-corrected chi connectivity index (χ2v) is 4.20. The maximum absolute atomic E-state index is 12.7. The molecular formula is C12H11ClF3NO2. The predicted molar refractivity (Wildman–Crippen MR) is 63.6 cm³/mol. The Labute approximate surface area is 112 Å². The SMILES string of the molecule is CCC(=O)C(=O)NCc1ccc(Cl)cc1C(F)(F)F. The van der Waals surface area contributed by atoms with Crippen molar-refractivity contribution in [3.63, 3.8) is 0 Å². The van der Waals surface area contributed by atoms with Gasteiger partial charge in [0.2, 0.25) is 5.78 Å². The Morgan fingerprint density at radius 1 is 1.32 bits per heavy atom. The number of halogens is 4. The molecule has 104 valence electrons. The van der Waals surface area contributed by atoms with Crippen LogP contribution in [0.2, 0.25) is 5.02 Å². The number of rotatable bonds is 4. The van der Waals surface area contributed by atoms with Crippen LogP contribution in [0.5, 0.6) is 0 Å². The first-order valence-electron chi connectivity index (χ1n) is 5.42. The first-order chi connectivity index (χ1) is 8.75. The second kappa shape index (κ2) is 6.06. The van der Waals surface area contributed by atoms with E-state index in [9.17, 15) is 22.8 Å². The van der Waals surface area contributed by atoms with Gasteiger partial charge in [-0.05, 0) is 17.7 Å². The largest absolute Gasteiger partial charge is 0.416 e. The van der Waals surface area contributed by atoms with Crippen LogP contribution >= 0.6 is 11.6 Å². The normalized spacial score (nSPS) is 11.2. The zero-order chi connectivity index (χ0) is 14.6. The summed E-state index contributed by atoms with van der Waals surface area (Å²) in [5, 5.41) is 2.10. The van der Waals surface area contributed by atoms with Crippen molar-refractivity contribution < 1.29 is 22.8 Å². The van der Waals surface area contributed by atoms with Gasteiger partial charge in [0.25, 0.3) is 5.91 Å². The molecule has 3 nitrogen and oxygen atoms in total. The molecule has 0 fully saturated rings. The molecule has 0 saturated carbocycles. The topological polar surface area (TPSA) is 46.2 Å². The summed E-state index contributed by atoms with van der Waals surface area (Å²) in [4.78, 5) is 22.2. The average Bonchev–Trinajstić information content (AvgIpc) is 2.34. The van der Waals surface area contributed by atoms with E-state index in [0.717, 1.165) is 6.07 Å². The van der Waals surface area contributed by atoms with Crippen molar-refractivity contribution in [3.8, 4) is 0 Å². The highest BCUT2D eigenvalue weighted by Gasteiger charge is 2.33. The Morgan fingerprint density at radius 3 is 2.47 bits per heavy atom. The molecule has 19 heavy (non-hydrogen) atoms. The van der Waals surface area contributed by atoms with E-state index in [1.54, 1.807) is 0 Å². The molecule has 0 aliphatic rings. The summed E-state index contributed by atoms with van der Waals surface area (Å²) in [5.74, 6) is -1.58. The molecule has 0 unspecified atom stereocenters. The van der Waals surface area contributed by atoms with E-state index in [1.165, 1.54) is 19.1 Å². The van der Waals surface area contributed by atoms with Crippen LogP contribution in [0.1, 0.15) is 24.5 Å². The molecule has 0 atom stereocenters. The standard InChI is InChI=1S/C12H11ClF3NO2/c1-2-10(18)11(19)17-6-7-3-4-8(13)5-9(7)12(14,15)16/h3-5H,2,6H2,1H3,(H,17,19). The van der Waals surface area contributed by atoms with Gasteiger partial charge in [0.05, 0.1) is 5.56 Å². The van der Waals surface area contributed by atoms with Crippen molar-refractivity contribution >= 4 is 23.3 Å². The molecule has 0 radical (unpaired) electrons. The Morgan fingerprint density at radius 2 is 1.95 bits per heavy atom. The molecule has 1 amide bonds. The van der Waals surface area contributed by atoms with Gasteiger partial charge in [0.1, 0.15) is 0 Å². The fraction of sp³-hybridized carbons (Fsp3) is 0.333. The molecule has 1 aromatic carbocycles. The number of ketones is 1. The molecule has 0 aromatic heterocycles. The van der Waals surface area contributed by atoms with Crippen molar-refractivity contribution in [3.05, 3.63) is 34.3 Å². The molecule has 1 rings (SSSR count). The van der Waals surface area contributed by atoms with E-state index < -0.39 is 23.4 Å². The summed E-state index contributed by atoms with van der Waals surface area (Å²) in [6, 6.07) is 3.24. The summed E-state index contributed by atoms with van der Waals surface area (Å²) in [5.41, 5.74) is -1.07. The number of benzene rings is 1. The van der Waals surface area contributed by atoms with Crippen LogP contribution in [0, 0.1) is 0 Å². The third-order valence-electron chi connectivity index (χ3n) is 2.39. The van der Waals surface area contributed by atoms with Crippen molar-refractivity contribution in [2.24, 2.45) is 0 Å². The van der Waals surface area contributed by atoms with Crippen LogP contribution in [-0.2, 0) is 22.3 Å². The van der Waals surface area contributed by atoms with Gasteiger partial charge < -0.3 is 5.32 Å². The molecule has 1 aromatic rings. The van der Waals surface area contributed by atoms with Crippen LogP contribution < -0.4 is 5.32 Å². The van der Waals surface area contributed by atoms with Crippen molar-refractivity contribution in [2.75, 3.05) is 0 Å². The number of nitrogens with one attached hydrogen (secondary N) is 1. The molecule has 0 spiro atoms. The summed E-state index contributed by atoms with van der Waals surface area (Å²) in [6.45, 7) is 1.11. The molecule has 0 bridgehead atoms. The quantitative estimate of drug-likeness (QED) is 0.868. The monoisotopic (exact) mass is 293 g/mol. The van der Waals surface area contributed by atoms with Gasteiger partial charge in [0, 0.05) is 18.0 Å². The van der Waals surface area contributed by atoms with Gasteiger partial charge in [-0.2, -0.15) is 13.2 Å². The van der Waals surface area contributed by atoms with Gasteiger partial charge in [-0.1, -0.05) is 24.6 Å². The second-order valence-electron chi connectivity index (χ2n) is 3.76. The lowest BCUT2D eigenvalue weighted by molar-refractivity contribution is -0.139. The number of carbonyl (C=O) groups is 2. The van der Waals surface area contributed by atoms with Crippen LogP contribution in [0.15, 0.2) is 18.2 Å². The minimum Gasteiger partial charge on any atom is -0.345 e. The van der Waals surface area contributed by atoms with Crippen LogP contribution in [0.25, 0.3) is 0 Å². The zero-order valence-corrected chi connectivity index (χ0v) is 10.7. The van der Waals surface area contributed by atoms with E-state index in [0.29, 0.717) is 0 Å². The summed E-state index contributed by atoms with van der Waals surface area (Å²) in [7, 11) is 0. The lowest BCUT2D eigenvalue weighted by Crippen LogP contribution is -2.30. The third-order valence-corrected chi connectivity index (χ3v) is 2.63. The lowest BCUT2D eigenvalue weighted by atomic mass is 10.1. The Kier molecular flexibility index (Phi) is 4.94. The van der Waals surface area contributed by atoms with E-state index in [2.05, 4.69) is 5.32 Å². The average molecular weight is 294 g/mol. The van der Waals surface area contributed by atoms with Gasteiger partial charge in [-0.15, -0.1) is 0 Å². The van der Waals surface area contributed by atoms with Crippen molar-refractivity contribution in [2.45, 2.75) is 26.1 Å². The van der Waals surface area contributed by atoms with Crippen molar-refractivity contribution in [1.82, 2.24) is 5.32 Å². The highest BCUT2D eigenvalue weighted by molar-refractivity contribution is 6.36. The maximum Gasteiger partial charge on any atom is 0.416 e. The van der Waals surface area contributed by atoms with Gasteiger partial charge in [-0.3, -0.25) is 9.59 Å². The van der Waals surface area contributed by atoms with E-state index in [-0.39, 0.29) is 23.6 Å². The summed E-state index contributed by atoms with van der Waals surface area (Å²) in [6.07, 6.45) is -4.57. The van der Waals surface area contributed by atoms with Crippen LogP contribution in [0.3, 0.4) is 0 Å². The number of amides is 1.